The van der Waals surface area contributed by atoms with E-state index >= 15 is 0 Å². The zero-order valence-corrected chi connectivity index (χ0v) is 13.1. The van der Waals surface area contributed by atoms with Crippen molar-refractivity contribution in [3.05, 3.63) is 29.1 Å². The van der Waals surface area contributed by atoms with Gasteiger partial charge in [-0.3, -0.25) is 9.89 Å². The molecule has 1 fully saturated rings. The van der Waals surface area contributed by atoms with Crippen molar-refractivity contribution in [2.75, 3.05) is 33.4 Å². The maximum atomic E-state index is 12.7. The largest absolute Gasteiger partial charge is 0.377 e. The predicted molar refractivity (Wildman–Crippen MR) is 83.7 cm³/mol. The molecule has 0 aromatic carbocycles. The van der Waals surface area contributed by atoms with Gasteiger partial charge in [0.1, 0.15) is 0 Å². The van der Waals surface area contributed by atoms with Crippen molar-refractivity contribution in [2.45, 2.75) is 31.7 Å². The average molecular weight is 304 g/mol. The van der Waals surface area contributed by atoms with Crippen molar-refractivity contribution in [3.8, 4) is 0 Å². The highest BCUT2D eigenvalue weighted by molar-refractivity contribution is 5.95. The molecule has 3 heterocycles. The second-order valence-electron chi connectivity index (χ2n) is 6.06. The van der Waals surface area contributed by atoms with Crippen LogP contribution in [0.25, 0.3) is 0 Å². The molecule has 0 aliphatic carbocycles. The third-order valence-corrected chi connectivity index (χ3v) is 4.33. The summed E-state index contributed by atoms with van der Waals surface area (Å²) >= 11 is 0. The number of nitrogens with zero attached hydrogens (tertiary/aromatic N) is 2. The number of amides is 1. The van der Waals surface area contributed by atoms with Gasteiger partial charge in [-0.05, 0) is 31.4 Å². The Morgan fingerprint density at radius 3 is 3.14 bits per heavy atom. The number of likely N-dealkylation sites (N-methyl/N-ethyl adjacent to an activating group) is 1. The monoisotopic (exact) mass is 304 g/mol. The predicted octanol–water partition coefficient (Wildman–Crippen LogP) is 1.64. The molecular weight excluding hydrogens is 280 g/mol. The lowest BCUT2D eigenvalue weighted by molar-refractivity contribution is 0.0791. The maximum absolute atomic E-state index is 12.7. The van der Waals surface area contributed by atoms with Crippen molar-refractivity contribution < 1.29 is 9.53 Å². The van der Waals surface area contributed by atoms with Crippen LogP contribution in [0.15, 0.2) is 17.8 Å². The Morgan fingerprint density at radius 1 is 1.50 bits per heavy atom. The first kappa shape index (κ1) is 15.2. The molecule has 0 bridgehead atoms. The van der Waals surface area contributed by atoms with Gasteiger partial charge in [0, 0.05) is 19.6 Å². The molecule has 120 valence electrons. The number of ether oxygens (including phenoxy) is 1. The molecule has 3 rings (SSSR count). The number of nitrogens with one attached hydrogen (secondary N) is 2. The van der Waals surface area contributed by atoms with E-state index in [9.17, 15) is 4.79 Å². The summed E-state index contributed by atoms with van der Waals surface area (Å²) in [7, 11) is 1.84. The summed E-state index contributed by atoms with van der Waals surface area (Å²) in [5, 5.41) is 10.6. The molecule has 2 aliphatic rings. The van der Waals surface area contributed by atoms with E-state index in [1.807, 2.05) is 7.05 Å². The van der Waals surface area contributed by atoms with Crippen LogP contribution in [0.4, 0.5) is 0 Å². The summed E-state index contributed by atoms with van der Waals surface area (Å²) in [4.78, 5) is 14.5. The molecule has 1 aromatic heterocycles. The topological polar surface area (TPSA) is 70.2 Å². The second kappa shape index (κ2) is 7.07. The Balaban J connectivity index is 1.69. The summed E-state index contributed by atoms with van der Waals surface area (Å²) in [5.74, 6) is 0.0163. The Bertz CT molecular complexity index is 546. The van der Waals surface area contributed by atoms with E-state index in [0.29, 0.717) is 18.7 Å². The highest BCUT2D eigenvalue weighted by Gasteiger charge is 2.25. The first-order chi connectivity index (χ1) is 10.8. The lowest BCUT2D eigenvalue weighted by Gasteiger charge is -2.25. The van der Waals surface area contributed by atoms with Crippen LogP contribution >= 0.6 is 0 Å². The molecule has 6 nitrogen and oxygen atoms in total. The quantitative estimate of drug-likeness (QED) is 0.830. The molecule has 1 saturated heterocycles. The maximum Gasteiger partial charge on any atom is 0.257 e. The number of piperidine rings is 1. The van der Waals surface area contributed by atoms with Crippen molar-refractivity contribution in [2.24, 2.45) is 0 Å². The Kier molecular flexibility index (Phi) is 4.90. The summed E-state index contributed by atoms with van der Waals surface area (Å²) in [6.07, 6.45) is 8.18. The van der Waals surface area contributed by atoms with E-state index in [2.05, 4.69) is 21.6 Å². The van der Waals surface area contributed by atoms with E-state index in [4.69, 9.17) is 4.74 Å². The van der Waals surface area contributed by atoms with Crippen molar-refractivity contribution in [3.63, 3.8) is 0 Å². The summed E-state index contributed by atoms with van der Waals surface area (Å²) in [6, 6.07) is 0.209. The number of aromatic amines is 1. The van der Waals surface area contributed by atoms with Crippen LogP contribution in [0.2, 0.25) is 0 Å². The number of carbonyl (C=O) groups excluding carboxylic acids is 1. The van der Waals surface area contributed by atoms with E-state index < -0.39 is 0 Å². The van der Waals surface area contributed by atoms with Crippen LogP contribution in [0.1, 0.15) is 47.8 Å². The molecule has 0 radical (unpaired) electrons. The standard InChI is InChI=1S/C16H24N4O2/c1-20(10-12-5-4-8-22-11-12)16(21)13-9-18-19-15(13)14-6-2-3-7-17-14/h5,9,14,17H,2-4,6-8,10-11H2,1H3,(H,18,19). The van der Waals surface area contributed by atoms with Gasteiger partial charge in [0.05, 0.1) is 30.7 Å². The number of hydrogen-bond acceptors (Lipinski definition) is 4. The molecule has 6 heteroatoms. The molecule has 2 N–H and O–H groups in total. The van der Waals surface area contributed by atoms with Gasteiger partial charge in [-0.25, -0.2) is 0 Å². The van der Waals surface area contributed by atoms with Gasteiger partial charge in [0.2, 0.25) is 0 Å². The zero-order chi connectivity index (χ0) is 15.4. The summed E-state index contributed by atoms with van der Waals surface area (Å²) in [6.45, 7) is 3.01. The van der Waals surface area contributed by atoms with Crippen LogP contribution in [0.5, 0.6) is 0 Å². The van der Waals surface area contributed by atoms with Crippen LogP contribution < -0.4 is 5.32 Å². The number of aromatic nitrogens is 2. The molecule has 1 amide bonds. The number of hydrogen-bond donors (Lipinski definition) is 2. The van der Waals surface area contributed by atoms with Gasteiger partial charge in [-0.15, -0.1) is 0 Å². The van der Waals surface area contributed by atoms with Gasteiger partial charge < -0.3 is 15.0 Å². The molecule has 1 unspecified atom stereocenters. The normalized spacial score (nSPS) is 22.2. The van der Waals surface area contributed by atoms with Crippen LogP contribution in [0, 0.1) is 0 Å². The van der Waals surface area contributed by atoms with Crippen molar-refractivity contribution in [1.29, 1.82) is 0 Å². The van der Waals surface area contributed by atoms with Gasteiger partial charge in [-0.2, -0.15) is 5.10 Å². The van der Waals surface area contributed by atoms with Gasteiger partial charge >= 0.3 is 0 Å². The lowest BCUT2D eigenvalue weighted by atomic mass is 9.99. The summed E-state index contributed by atoms with van der Waals surface area (Å²) in [5.41, 5.74) is 2.77. The third kappa shape index (κ3) is 3.39. The highest BCUT2D eigenvalue weighted by Crippen LogP contribution is 2.24. The van der Waals surface area contributed by atoms with Gasteiger partial charge in [-0.1, -0.05) is 12.5 Å². The average Bonchev–Trinajstić information content (AvgIpc) is 3.05. The van der Waals surface area contributed by atoms with Gasteiger partial charge in [0.25, 0.3) is 5.91 Å². The molecule has 1 aromatic rings. The van der Waals surface area contributed by atoms with Crippen molar-refractivity contribution in [1.82, 2.24) is 20.4 Å². The Labute approximate surface area is 130 Å². The van der Waals surface area contributed by atoms with E-state index in [1.165, 1.54) is 18.4 Å². The fraction of sp³-hybridized carbons (Fsp3) is 0.625. The van der Waals surface area contributed by atoms with E-state index in [0.717, 1.165) is 31.7 Å². The smallest absolute Gasteiger partial charge is 0.257 e. The van der Waals surface area contributed by atoms with Gasteiger partial charge in [0.15, 0.2) is 0 Å². The zero-order valence-electron chi connectivity index (χ0n) is 13.1. The Morgan fingerprint density at radius 2 is 2.41 bits per heavy atom. The van der Waals surface area contributed by atoms with E-state index in [1.54, 1.807) is 11.1 Å². The Hall–Kier alpha value is -1.66. The van der Waals surface area contributed by atoms with E-state index in [-0.39, 0.29) is 11.9 Å². The third-order valence-electron chi connectivity index (χ3n) is 4.33. The van der Waals surface area contributed by atoms with Crippen LogP contribution in [-0.4, -0.2) is 54.4 Å². The second-order valence-corrected chi connectivity index (χ2v) is 6.06. The minimum absolute atomic E-state index is 0.0163. The molecule has 1 atom stereocenters. The molecule has 0 spiro atoms. The molecule has 2 aliphatic heterocycles. The highest BCUT2D eigenvalue weighted by atomic mass is 16.5. The minimum atomic E-state index is 0.0163. The fourth-order valence-corrected chi connectivity index (χ4v) is 3.13. The first-order valence-electron chi connectivity index (χ1n) is 8.03. The number of H-pyrrole nitrogens is 1. The summed E-state index contributed by atoms with van der Waals surface area (Å²) < 4.78 is 5.44. The fourth-order valence-electron chi connectivity index (χ4n) is 3.13. The molecule has 22 heavy (non-hydrogen) atoms. The number of rotatable bonds is 4. The minimum Gasteiger partial charge on any atom is -0.377 e. The van der Waals surface area contributed by atoms with Crippen LogP contribution in [0.3, 0.4) is 0 Å². The lowest BCUT2D eigenvalue weighted by Crippen LogP contribution is -2.33. The van der Waals surface area contributed by atoms with Crippen LogP contribution in [-0.2, 0) is 4.74 Å². The molecule has 0 saturated carbocycles. The number of carbonyl (C=O) groups is 1. The first-order valence-corrected chi connectivity index (χ1v) is 8.03. The molecular formula is C16H24N4O2. The SMILES string of the molecule is CN(CC1=CCCOC1)C(=O)c1cn[nH]c1C1CCCCN1. The van der Waals surface area contributed by atoms with Crippen molar-refractivity contribution >= 4 is 5.91 Å².